The van der Waals surface area contributed by atoms with Gasteiger partial charge in [0.05, 0.1) is 0 Å². The lowest BCUT2D eigenvalue weighted by Crippen LogP contribution is -2.47. The summed E-state index contributed by atoms with van der Waals surface area (Å²) in [5.74, 6) is -0.119. The van der Waals surface area contributed by atoms with Crippen molar-refractivity contribution < 1.29 is 23.9 Å². The molecule has 0 aromatic heterocycles. The van der Waals surface area contributed by atoms with Gasteiger partial charge in [-0.1, -0.05) is 12.8 Å². The lowest BCUT2D eigenvalue weighted by atomic mass is 9.84. The van der Waals surface area contributed by atoms with Gasteiger partial charge in [0.2, 0.25) is 0 Å². The summed E-state index contributed by atoms with van der Waals surface area (Å²) < 4.78 is 10.5. The first kappa shape index (κ1) is 22.5. The fourth-order valence-electron chi connectivity index (χ4n) is 3.28. The number of hydrogen-bond donors (Lipinski definition) is 3. The molecule has 8 heteroatoms. The molecule has 1 aromatic carbocycles. The predicted molar refractivity (Wildman–Crippen MR) is 109 cm³/mol. The summed E-state index contributed by atoms with van der Waals surface area (Å²) in [4.78, 5) is 35.3. The lowest BCUT2D eigenvalue weighted by molar-refractivity contribution is -0.119. The van der Waals surface area contributed by atoms with Gasteiger partial charge < -0.3 is 25.8 Å². The van der Waals surface area contributed by atoms with Crippen LogP contribution in [0.3, 0.4) is 0 Å². The van der Waals surface area contributed by atoms with Crippen molar-refractivity contribution in [2.45, 2.75) is 58.1 Å². The van der Waals surface area contributed by atoms with Crippen LogP contribution in [-0.4, -0.2) is 42.7 Å². The van der Waals surface area contributed by atoms with Crippen LogP contribution in [-0.2, 0) is 9.53 Å². The molecular weight excluding hydrogens is 374 g/mol. The highest BCUT2D eigenvalue weighted by molar-refractivity contribution is 5.94. The smallest absolute Gasteiger partial charge is 0.407 e. The highest BCUT2D eigenvalue weighted by atomic mass is 16.6. The molecule has 0 aliphatic heterocycles. The number of amides is 3. The van der Waals surface area contributed by atoms with Gasteiger partial charge in [-0.15, -0.1) is 0 Å². The minimum atomic E-state index is -0.560. The molecule has 2 rings (SSSR count). The van der Waals surface area contributed by atoms with Gasteiger partial charge in [-0.25, -0.2) is 4.79 Å². The van der Waals surface area contributed by atoms with E-state index >= 15 is 0 Å². The number of primary amides is 1. The summed E-state index contributed by atoms with van der Waals surface area (Å²) in [6.07, 6.45) is 3.46. The normalized spacial score (nSPS) is 19.1. The number of ether oxygens (including phenoxy) is 2. The van der Waals surface area contributed by atoms with E-state index in [2.05, 4.69) is 10.6 Å². The number of carbonyl (C=O) groups excluding carboxylic acids is 3. The van der Waals surface area contributed by atoms with Crippen molar-refractivity contribution in [1.29, 1.82) is 0 Å². The molecule has 3 amide bonds. The van der Waals surface area contributed by atoms with E-state index in [4.69, 9.17) is 15.2 Å². The maximum absolute atomic E-state index is 12.6. The van der Waals surface area contributed by atoms with Crippen molar-refractivity contribution in [3.05, 3.63) is 29.8 Å². The zero-order valence-electron chi connectivity index (χ0n) is 17.3. The minimum absolute atomic E-state index is 0.0167. The van der Waals surface area contributed by atoms with Crippen LogP contribution >= 0.6 is 0 Å². The number of nitrogens with one attached hydrogen (secondary N) is 2. The Balaban J connectivity index is 1.89. The second-order valence-electron chi connectivity index (χ2n) is 8.29. The van der Waals surface area contributed by atoms with Gasteiger partial charge in [0.15, 0.2) is 6.61 Å². The third kappa shape index (κ3) is 8.01. The lowest BCUT2D eigenvalue weighted by Gasteiger charge is -2.32. The molecule has 0 spiro atoms. The molecular formula is C21H31N3O5. The van der Waals surface area contributed by atoms with Crippen molar-refractivity contribution in [2.75, 3.05) is 13.2 Å². The van der Waals surface area contributed by atoms with E-state index in [0.29, 0.717) is 17.9 Å². The van der Waals surface area contributed by atoms with Gasteiger partial charge in [-0.3, -0.25) is 9.59 Å². The molecule has 0 radical (unpaired) electrons. The van der Waals surface area contributed by atoms with E-state index in [1.807, 2.05) is 20.8 Å². The van der Waals surface area contributed by atoms with Gasteiger partial charge in [-0.2, -0.15) is 0 Å². The van der Waals surface area contributed by atoms with E-state index in [0.717, 1.165) is 25.7 Å². The van der Waals surface area contributed by atoms with Gasteiger partial charge in [-0.05, 0) is 63.8 Å². The minimum Gasteiger partial charge on any atom is -0.484 e. The van der Waals surface area contributed by atoms with Crippen LogP contribution in [0.5, 0.6) is 5.75 Å². The first-order chi connectivity index (χ1) is 13.6. The topological polar surface area (TPSA) is 120 Å². The van der Waals surface area contributed by atoms with Crippen molar-refractivity contribution in [2.24, 2.45) is 11.7 Å². The van der Waals surface area contributed by atoms with Crippen molar-refractivity contribution in [3.63, 3.8) is 0 Å². The summed E-state index contributed by atoms with van der Waals surface area (Å²) in [6, 6.07) is 6.52. The maximum Gasteiger partial charge on any atom is 0.407 e. The molecule has 160 valence electrons. The monoisotopic (exact) mass is 405 g/mol. The fourth-order valence-corrected chi connectivity index (χ4v) is 3.28. The highest BCUT2D eigenvalue weighted by Crippen LogP contribution is 2.24. The second kappa shape index (κ2) is 10.1. The van der Waals surface area contributed by atoms with Gasteiger partial charge in [0, 0.05) is 18.2 Å². The Bertz CT molecular complexity index is 712. The van der Waals surface area contributed by atoms with Gasteiger partial charge in [0.25, 0.3) is 11.8 Å². The summed E-state index contributed by atoms with van der Waals surface area (Å²) in [6.45, 7) is 5.71. The number of alkyl carbamates (subject to hydrolysis) is 1. The predicted octanol–water partition coefficient (Wildman–Crippen LogP) is 2.36. The van der Waals surface area contributed by atoms with Crippen LogP contribution in [0.25, 0.3) is 0 Å². The Morgan fingerprint density at radius 3 is 2.38 bits per heavy atom. The van der Waals surface area contributed by atoms with Crippen molar-refractivity contribution >= 4 is 17.9 Å². The van der Waals surface area contributed by atoms with Crippen molar-refractivity contribution in [1.82, 2.24) is 10.6 Å². The summed E-state index contributed by atoms with van der Waals surface area (Å²) in [5, 5.41) is 5.90. The summed E-state index contributed by atoms with van der Waals surface area (Å²) in [7, 11) is 0. The number of hydrogen-bond acceptors (Lipinski definition) is 5. The van der Waals surface area contributed by atoms with Gasteiger partial charge >= 0.3 is 6.09 Å². The Kier molecular flexibility index (Phi) is 7.87. The van der Waals surface area contributed by atoms with E-state index < -0.39 is 17.6 Å². The zero-order chi connectivity index (χ0) is 21.4. The van der Waals surface area contributed by atoms with Crippen LogP contribution in [0.2, 0.25) is 0 Å². The molecule has 1 aliphatic rings. The standard InChI is InChI=1S/C21H31N3O5/c1-21(2,3)29-20(27)23-12-15-6-4-5-7-17(15)24-19(26)14-8-10-16(11-9-14)28-13-18(22)25/h8-11,15,17H,4-7,12-13H2,1-3H3,(H2,22,25)(H,23,27)(H,24,26)/t15-,17-/m0/s1. The Morgan fingerprint density at radius 2 is 1.76 bits per heavy atom. The van der Waals surface area contributed by atoms with E-state index in [1.165, 1.54) is 0 Å². The fraction of sp³-hybridized carbons (Fsp3) is 0.571. The molecule has 1 aromatic rings. The highest BCUT2D eigenvalue weighted by Gasteiger charge is 2.28. The van der Waals surface area contributed by atoms with Gasteiger partial charge in [0.1, 0.15) is 11.4 Å². The molecule has 0 unspecified atom stereocenters. The molecule has 8 nitrogen and oxygen atoms in total. The van der Waals surface area contributed by atoms with Crippen LogP contribution in [0.4, 0.5) is 4.79 Å². The molecule has 1 saturated carbocycles. The molecule has 1 fully saturated rings. The molecule has 0 heterocycles. The summed E-state index contributed by atoms with van der Waals surface area (Å²) in [5.41, 5.74) is 5.00. The Labute approximate surface area is 171 Å². The third-order valence-corrected chi connectivity index (χ3v) is 4.63. The Morgan fingerprint density at radius 1 is 1.10 bits per heavy atom. The zero-order valence-corrected chi connectivity index (χ0v) is 17.3. The average Bonchev–Trinajstić information content (AvgIpc) is 2.64. The molecule has 29 heavy (non-hydrogen) atoms. The molecule has 0 bridgehead atoms. The molecule has 1 aliphatic carbocycles. The van der Waals surface area contributed by atoms with Crippen LogP contribution in [0.1, 0.15) is 56.8 Å². The first-order valence-electron chi connectivity index (χ1n) is 9.93. The molecule has 2 atom stereocenters. The first-order valence-corrected chi connectivity index (χ1v) is 9.93. The number of benzene rings is 1. The largest absolute Gasteiger partial charge is 0.484 e. The molecule has 4 N–H and O–H groups in total. The third-order valence-electron chi connectivity index (χ3n) is 4.63. The van der Waals surface area contributed by atoms with E-state index in [-0.39, 0.29) is 24.5 Å². The number of rotatable bonds is 7. The SMILES string of the molecule is CC(C)(C)OC(=O)NC[C@@H]1CCCC[C@@H]1NC(=O)c1ccc(OCC(N)=O)cc1. The maximum atomic E-state index is 12.6. The quantitative estimate of drug-likeness (QED) is 0.643. The van der Waals surface area contributed by atoms with Crippen molar-refractivity contribution in [3.8, 4) is 5.75 Å². The van der Waals surface area contributed by atoms with Crippen LogP contribution in [0.15, 0.2) is 24.3 Å². The number of carbonyl (C=O) groups is 3. The average molecular weight is 405 g/mol. The van der Waals surface area contributed by atoms with E-state index in [9.17, 15) is 14.4 Å². The van der Waals surface area contributed by atoms with Crippen LogP contribution < -0.4 is 21.1 Å². The summed E-state index contributed by atoms with van der Waals surface area (Å²) >= 11 is 0. The van der Waals surface area contributed by atoms with E-state index in [1.54, 1.807) is 24.3 Å². The Hall–Kier alpha value is -2.77. The second-order valence-corrected chi connectivity index (χ2v) is 8.29. The van der Waals surface area contributed by atoms with Crippen LogP contribution in [0, 0.1) is 5.92 Å². The number of nitrogens with two attached hydrogens (primary N) is 1. The molecule has 0 saturated heterocycles.